The number of para-hydroxylation sites is 2. The number of amides is 2. The molecular formula is C21H18N4O4. The van der Waals surface area contributed by atoms with Gasteiger partial charge in [0.1, 0.15) is 18.0 Å². The zero-order chi connectivity index (χ0) is 20.2. The number of rotatable bonds is 5. The summed E-state index contributed by atoms with van der Waals surface area (Å²) in [5.74, 6) is 0.452. The molecule has 2 amide bonds. The van der Waals surface area contributed by atoms with Crippen LogP contribution in [0.15, 0.2) is 67.0 Å². The molecule has 146 valence electrons. The van der Waals surface area contributed by atoms with Gasteiger partial charge in [0.2, 0.25) is 5.91 Å². The highest BCUT2D eigenvalue weighted by molar-refractivity contribution is 6.06. The average molecular weight is 390 g/mol. The van der Waals surface area contributed by atoms with E-state index in [2.05, 4.69) is 15.3 Å². The molecule has 1 aliphatic rings. The number of carbonyl (C=O) groups excluding carboxylic acids is 2. The van der Waals surface area contributed by atoms with E-state index in [0.717, 1.165) is 0 Å². The summed E-state index contributed by atoms with van der Waals surface area (Å²) in [6, 6.07) is 15.9. The van der Waals surface area contributed by atoms with Crippen molar-refractivity contribution in [2.45, 2.75) is 13.0 Å². The minimum Gasteiger partial charge on any atom is -0.479 e. The van der Waals surface area contributed by atoms with Crippen molar-refractivity contribution < 1.29 is 19.1 Å². The molecule has 0 bridgehead atoms. The molecule has 0 radical (unpaired) electrons. The third-order valence-electron chi connectivity index (χ3n) is 4.24. The van der Waals surface area contributed by atoms with Crippen LogP contribution in [0.1, 0.15) is 6.92 Å². The fraction of sp³-hybridized carbons (Fsp3) is 0.143. The van der Waals surface area contributed by atoms with Crippen LogP contribution in [0, 0.1) is 0 Å². The second-order valence-electron chi connectivity index (χ2n) is 6.36. The molecule has 29 heavy (non-hydrogen) atoms. The molecule has 4 rings (SSSR count). The van der Waals surface area contributed by atoms with Gasteiger partial charge in [-0.3, -0.25) is 14.5 Å². The minimum absolute atomic E-state index is 0.129. The Bertz CT molecular complexity index is 1040. The van der Waals surface area contributed by atoms with Gasteiger partial charge in [0.15, 0.2) is 6.10 Å². The van der Waals surface area contributed by atoms with Gasteiger partial charge in [-0.1, -0.05) is 18.2 Å². The van der Waals surface area contributed by atoms with Crippen LogP contribution in [0.4, 0.5) is 11.4 Å². The zero-order valence-electron chi connectivity index (χ0n) is 15.6. The van der Waals surface area contributed by atoms with E-state index < -0.39 is 6.10 Å². The Balaban J connectivity index is 1.46. The number of anilines is 2. The zero-order valence-corrected chi connectivity index (χ0v) is 15.6. The normalized spacial score (nSPS) is 15.3. The van der Waals surface area contributed by atoms with E-state index >= 15 is 0 Å². The third kappa shape index (κ3) is 4.16. The van der Waals surface area contributed by atoms with E-state index in [-0.39, 0.29) is 24.4 Å². The summed E-state index contributed by atoms with van der Waals surface area (Å²) in [6.07, 6.45) is 2.50. The molecule has 2 heterocycles. The quantitative estimate of drug-likeness (QED) is 0.720. The first-order valence-electron chi connectivity index (χ1n) is 9.02. The monoisotopic (exact) mass is 390 g/mol. The first-order chi connectivity index (χ1) is 14.1. The molecule has 0 fully saturated rings. The van der Waals surface area contributed by atoms with Crippen molar-refractivity contribution in [3.8, 4) is 17.5 Å². The maximum Gasteiger partial charge on any atom is 0.321 e. The van der Waals surface area contributed by atoms with Gasteiger partial charge >= 0.3 is 6.01 Å². The van der Waals surface area contributed by atoms with Crippen molar-refractivity contribution in [1.82, 2.24) is 9.97 Å². The standard InChI is InChI=1S/C21H18N4O4/c1-14-20(27)25(17-8-2-3-9-18(17)28-14)13-19(26)24-15-6-4-7-16(12-15)29-21-22-10-5-11-23-21/h2-12,14H,13H2,1H3,(H,24,26). The Morgan fingerprint density at radius 2 is 1.93 bits per heavy atom. The molecule has 1 unspecified atom stereocenters. The number of nitrogens with one attached hydrogen (secondary N) is 1. The SMILES string of the molecule is CC1Oc2ccccc2N(CC(=O)Nc2cccc(Oc3ncccn3)c2)C1=O. The minimum atomic E-state index is -0.652. The van der Waals surface area contributed by atoms with Gasteiger partial charge in [0.05, 0.1) is 5.69 Å². The predicted octanol–water partition coefficient (Wildman–Crippen LogP) is 3.02. The number of carbonyl (C=O) groups is 2. The van der Waals surface area contributed by atoms with E-state index in [1.165, 1.54) is 4.90 Å². The molecule has 2 aromatic carbocycles. The van der Waals surface area contributed by atoms with Gasteiger partial charge in [0.25, 0.3) is 5.91 Å². The molecule has 1 aliphatic heterocycles. The van der Waals surface area contributed by atoms with Crippen LogP contribution in [0.25, 0.3) is 0 Å². The summed E-state index contributed by atoms with van der Waals surface area (Å²) >= 11 is 0. The Morgan fingerprint density at radius 3 is 2.76 bits per heavy atom. The van der Waals surface area contributed by atoms with E-state index in [1.807, 2.05) is 6.07 Å². The Hall–Kier alpha value is -3.94. The van der Waals surface area contributed by atoms with Crippen LogP contribution in [-0.2, 0) is 9.59 Å². The summed E-state index contributed by atoms with van der Waals surface area (Å²) in [6.45, 7) is 1.53. The lowest BCUT2D eigenvalue weighted by Gasteiger charge is -2.32. The Morgan fingerprint density at radius 1 is 1.14 bits per heavy atom. The van der Waals surface area contributed by atoms with Gasteiger partial charge < -0.3 is 14.8 Å². The highest BCUT2D eigenvalue weighted by atomic mass is 16.5. The molecule has 0 saturated carbocycles. The van der Waals surface area contributed by atoms with E-state index in [4.69, 9.17) is 9.47 Å². The van der Waals surface area contributed by atoms with Crippen LogP contribution in [0.2, 0.25) is 0 Å². The lowest BCUT2D eigenvalue weighted by molar-refractivity contribution is -0.127. The summed E-state index contributed by atoms with van der Waals surface area (Å²) in [7, 11) is 0. The number of aromatic nitrogens is 2. The Labute approximate surface area is 167 Å². The summed E-state index contributed by atoms with van der Waals surface area (Å²) in [5.41, 5.74) is 1.11. The fourth-order valence-corrected chi connectivity index (χ4v) is 2.95. The second-order valence-corrected chi connectivity index (χ2v) is 6.36. The van der Waals surface area contributed by atoms with Gasteiger partial charge in [-0.2, -0.15) is 0 Å². The van der Waals surface area contributed by atoms with E-state index in [0.29, 0.717) is 22.9 Å². The first kappa shape index (κ1) is 18.4. The van der Waals surface area contributed by atoms with Crippen molar-refractivity contribution in [2.75, 3.05) is 16.8 Å². The first-order valence-corrected chi connectivity index (χ1v) is 9.02. The van der Waals surface area contributed by atoms with E-state index in [1.54, 1.807) is 67.8 Å². The smallest absolute Gasteiger partial charge is 0.321 e. The molecule has 0 saturated heterocycles. The number of ether oxygens (including phenoxy) is 2. The molecule has 0 spiro atoms. The molecule has 1 N–H and O–H groups in total. The highest BCUT2D eigenvalue weighted by Gasteiger charge is 2.32. The van der Waals surface area contributed by atoms with Crippen LogP contribution in [0.3, 0.4) is 0 Å². The predicted molar refractivity (Wildman–Crippen MR) is 106 cm³/mol. The summed E-state index contributed by atoms with van der Waals surface area (Å²) in [5, 5.41) is 2.79. The molecule has 0 aliphatic carbocycles. The molecule has 1 atom stereocenters. The molecular weight excluding hydrogens is 372 g/mol. The Kier molecular flexibility index (Phi) is 5.07. The maximum absolute atomic E-state index is 12.6. The van der Waals surface area contributed by atoms with Crippen molar-refractivity contribution in [3.63, 3.8) is 0 Å². The molecule has 8 nitrogen and oxygen atoms in total. The number of fused-ring (bicyclic) bond motifs is 1. The molecule has 3 aromatic rings. The fourth-order valence-electron chi connectivity index (χ4n) is 2.95. The van der Waals surface area contributed by atoms with Crippen molar-refractivity contribution in [2.24, 2.45) is 0 Å². The van der Waals surface area contributed by atoms with Crippen LogP contribution < -0.4 is 19.7 Å². The van der Waals surface area contributed by atoms with Crippen molar-refractivity contribution >= 4 is 23.2 Å². The van der Waals surface area contributed by atoms with Gasteiger partial charge in [0, 0.05) is 24.1 Å². The lowest BCUT2D eigenvalue weighted by Crippen LogP contribution is -2.47. The average Bonchev–Trinajstić information content (AvgIpc) is 2.72. The highest BCUT2D eigenvalue weighted by Crippen LogP contribution is 2.33. The summed E-state index contributed by atoms with van der Waals surface area (Å²) < 4.78 is 11.2. The molecule has 8 heteroatoms. The number of nitrogens with zero attached hydrogens (tertiary/aromatic N) is 3. The van der Waals surface area contributed by atoms with E-state index in [9.17, 15) is 9.59 Å². The second kappa shape index (κ2) is 7.97. The summed E-state index contributed by atoms with van der Waals surface area (Å²) in [4.78, 5) is 34.6. The number of hydrogen-bond acceptors (Lipinski definition) is 6. The number of benzene rings is 2. The maximum atomic E-state index is 12.6. The largest absolute Gasteiger partial charge is 0.479 e. The topological polar surface area (TPSA) is 93.7 Å². The number of hydrogen-bond donors (Lipinski definition) is 1. The van der Waals surface area contributed by atoms with Crippen LogP contribution >= 0.6 is 0 Å². The van der Waals surface area contributed by atoms with Gasteiger partial charge in [-0.05, 0) is 37.3 Å². The molecule has 1 aromatic heterocycles. The van der Waals surface area contributed by atoms with Crippen molar-refractivity contribution in [3.05, 3.63) is 67.0 Å². The third-order valence-corrected chi connectivity index (χ3v) is 4.24. The van der Waals surface area contributed by atoms with Crippen LogP contribution in [0.5, 0.6) is 17.5 Å². The van der Waals surface area contributed by atoms with Gasteiger partial charge in [-0.25, -0.2) is 9.97 Å². The lowest BCUT2D eigenvalue weighted by atomic mass is 10.2. The van der Waals surface area contributed by atoms with Crippen LogP contribution in [-0.4, -0.2) is 34.4 Å². The van der Waals surface area contributed by atoms with Gasteiger partial charge in [-0.15, -0.1) is 0 Å². The van der Waals surface area contributed by atoms with Crippen molar-refractivity contribution in [1.29, 1.82) is 0 Å².